The van der Waals surface area contributed by atoms with Crippen LogP contribution in [-0.4, -0.2) is 19.2 Å². The number of anilines is 2. The molecule has 0 aliphatic rings. The molecule has 0 spiro atoms. The van der Waals surface area contributed by atoms with E-state index in [1.807, 2.05) is 30.3 Å². The zero-order valence-electron chi connectivity index (χ0n) is 15.3. The first-order valence-electron chi connectivity index (χ1n) is 8.61. The van der Waals surface area contributed by atoms with Crippen molar-refractivity contribution >= 4 is 21.2 Å². The van der Waals surface area contributed by atoms with Crippen LogP contribution in [0.15, 0.2) is 65.8 Å². The quantitative estimate of drug-likeness (QED) is 0.585. The number of pyridine rings is 1. The first-order valence-corrected chi connectivity index (χ1v) is 10.3. The van der Waals surface area contributed by atoms with Crippen molar-refractivity contribution in [3.05, 3.63) is 66.4 Å². The summed E-state index contributed by atoms with van der Waals surface area (Å²) < 4.78 is 35.2. The predicted molar refractivity (Wildman–Crippen MR) is 108 cm³/mol. The van der Waals surface area contributed by atoms with Crippen LogP contribution in [0, 0.1) is 0 Å². The third-order valence-electron chi connectivity index (χ3n) is 4.03. The van der Waals surface area contributed by atoms with E-state index in [9.17, 15) is 8.42 Å². The molecule has 2 aromatic carbocycles. The molecule has 0 saturated heterocycles. The van der Waals surface area contributed by atoms with Gasteiger partial charge in [0.25, 0.3) is 0 Å². The Morgan fingerprint density at radius 3 is 2.39 bits per heavy atom. The van der Waals surface area contributed by atoms with Gasteiger partial charge >= 0.3 is 0 Å². The second-order valence-corrected chi connectivity index (χ2v) is 8.26. The highest BCUT2D eigenvalue weighted by Crippen LogP contribution is 2.35. The highest BCUT2D eigenvalue weighted by molar-refractivity contribution is 7.91. The number of nitrogen functional groups attached to an aromatic ring is 2. The Labute approximate surface area is 163 Å². The van der Waals surface area contributed by atoms with E-state index in [1.165, 1.54) is 18.3 Å². The molecule has 0 radical (unpaired) electrons. The molecule has 1 aromatic heterocycles. The number of ether oxygens (including phenoxy) is 2. The fourth-order valence-electron chi connectivity index (χ4n) is 2.43. The van der Waals surface area contributed by atoms with Crippen LogP contribution in [0.1, 0.15) is 12.5 Å². The molecule has 0 unspecified atom stereocenters. The monoisotopic (exact) mass is 399 g/mol. The minimum Gasteiger partial charge on any atom is -0.487 e. The van der Waals surface area contributed by atoms with Gasteiger partial charge in [0, 0.05) is 12.1 Å². The first-order chi connectivity index (χ1) is 13.4. The van der Waals surface area contributed by atoms with Gasteiger partial charge in [0.2, 0.25) is 0 Å². The summed E-state index contributed by atoms with van der Waals surface area (Å²) in [5.74, 6) is 1.16. The molecular weight excluding hydrogens is 378 g/mol. The van der Waals surface area contributed by atoms with Gasteiger partial charge in [0.15, 0.2) is 14.9 Å². The van der Waals surface area contributed by atoms with E-state index in [4.69, 9.17) is 20.9 Å². The van der Waals surface area contributed by atoms with Crippen LogP contribution in [0.3, 0.4) is 0 Å². The van der Waals surface area contributed by atoms with Crippen LogP contribution in [0.25, 0.3) is 0 Å². The van der Waals surface area contributed by atoms with Gasteiger partial charge in [-0.3, -0.25) is 0 Å². The molecule has 0 aliphatic heterocycles. The Morgan fingerprint density at radius 1 is 1.00 bits per heavy atom. The third kappa shape index (κ3) is 4.52. The number of aromatic nitrogens is 1. The third-order valence-corrected chi connectivity index (χ3v) is 5.67. The molecule has 0 fully saturated rings. The Kier molecular flexibility index (Phi) is 5.70. The average Bonchev–Trinajstić information content (AvgIpc) is 2.70. The molecule has 7 nitrogen and oxygen atoms in total. The van der Waals surface area contributed by atoms with Crippen molar-refractivity contribution in [2.45, 2.75) is 18.6 Å². The molecule has 3 aromatic rings. The van der Waals surface area contributed by atoms with Gasteiger partial charge in [-0.25, -0.2) is 13.4 Å². The topological polar surface area (TPSA) is 118 Å². The van der Waals surface area contributed by atoms with Crippen LogP contribution < -0.4 is 20.9 Å². The van der Waals surface area contributed by atoms with Crippen molar-refractivity contribution in [1.82, 2.24) is 4.98 Å². The van der Waals surface area contributed by atoms with Crippen LogP contribution in [-0.2, 0) is 16.4 Å². The standard InChI is InChI=1S/C20H21N3O4S/c1-2-28(24,25)19-9-8-15(12-23-19)27-16-10-17(21)20(22)18(11-16)26-13-14-6-4-3-5-7-14/h3-12H,2,13,21-22H2,1H3. The van der Waals surface area contributed by atoms with Crippen LogP contribution in [0.2, 0.25) is 0 Å². The summed E-state index contributed by atoms with van der Waals surface area (Å²) >= 11 is 0. The van der Waals surface area contributed by atoms with Crippen molar-refractivity contribution in [3.8, 4) is 17.2 Å². The fraction of sp³-hybridized carbons (Fsp3) is 0.150. The minimum absolute atomic E-state index is 0.00561. The predicted octanol–water partition coefficient (Wildman–Crippen LogP) is 3.41. The van der Waals surface area contributed by atoms with Gasteiger partial charge in [-0.1, -0.05) is 37.3 Å². The molecule has 8 heteroatoms. The lowest BCUT2D eigenvalue weighted by Crippen LogP contribution is -2.05. The van der Waals surface area contributed by atoms with Crippen molar-refractivity contribution in [2.75, 3.05) is 17.2 Å². The Hall–Kier alpha value is -3.26. The zero-order chi connectivity index (χ0) is 20.1. The molecule has 0 amide bonds. The van der Waals surface area contributed by atoms with Crippen molar-refractivity contribution in [3.63, 3.8) is 0 Å². The first kappa shape index (κ1) is 19.5. The Balaban J connectivity index is 1.78. The van der Waals surface area contributed by atoms with E-state index in [2.05, 4.69) is 4.98 Å². The summed E-state index contributed by atoms with van der Waals surface area (Å²) in [7, 11) is -3.36. The lowest BCUT2D eigenvalue weighted by Gasteiger charge is -2.14. The second-order valence-electron chi connectivity index (χ2n) is 6.04. The molecule has 146 valence electrons. The summed E-state index contributed by atoms with van der Waals surface area (Å²) in [6.45, 7) is 1.90. The van der Waals surface area contributed by atoms with Gasteiger partial charge in [0.05, 0.1) is 23.3 Å². The molecule has 0 saturated carbocycles. The average molecular weight is 399 g/mol. The number of nitrogens with zero attached hydrogens (tertiary/aromatic N) is 1. The van der Waals surface area contributed by atoms with E-state index >= 15 is 0 Å². The Bertz CT molecular complexity index is 1050. The highest BCUT2D eigenvalue weighted by Gasteiger charge is 2.14. The maximum absolute atomic E-state index is 11.8. The smallest absolute Gasteiger partial charge is 0.195 e. The van der Waals surface area contributed by atoms with Crippen LogP contribution in [0.5, 0.6) is 17.2 Å². The highest BCUT2D eigenvalue weighted by atomic mass is 32.2. The molecular formula is C20H21N3O4S. The molecule has 4 N–H and O–H groups in total. The minimum atomic E-state index is -3.36. The maximum atomic E-state index is 11.8. The van der Waals surface area contributed by atoms with Crippen molar-refractivity contribution in [1.29, 1.82) is 0 Å². The SMILES string of the molecule is CCS(=O)(=O)c1ccc(Oc2cc(N)c(N)c(OCc3ccccc3)c2)cn1. The van der Waals surface area contributed by atoms with Gasteiger partial charge in [0.1, 0.15) is 23.9 Å². The summed E-state index contributed by atoms with van der Waals surface area (Å²) in [6.07, 6.45) is 1.35. The van der Waals surface area contributed by atoms with Gasteiger partial charge in [-0.2, -0.15) is 0 Å². The number of rotatable bonds is 7. The van der Waals surface area contributed by atoms with E-state index in [1.54, 1.807) is 19.1 Å². The number of nitrogens with two attached hydrogens (primary N) is 2. The second kappa shape index (κ2) is 8.18. The van der Waals surface area contributed by atoms with Gasteiger partial charge < -0.3 is 20.9 Å². The van der Waals surface area contributed by atoms with E-state index in [-0.39, 0.29) is 10.8 Å². The molecule has 0 bridgehead atoms. The molecule has 0 aliphatic carbocycles. The number of hydrogen-bond donors (Lipinski definition) is 2. The number of sulfone groups is 1. The van der Waals surface area contributed by atoms with Crippen molar-refractivity contribution in [2.24, 2.45) is 0 Å². The van der Waals surface area contributed by atoms with Crippen LogP contribution >= 0.6 is 0 Å². The normalized spacial score (nSPS) is 11.2. The molecule has 3 rings (SSSR count). The number of hydrogen-bond acceptors (Lipinski definition) is 7. The van der Waals surface area contributed by atoms with Crippen molar-refractivity contribution < 1.29 is 17.9 Å². The summed E-state index contributed by atoms with van der Waals surface area (Å²) in [6, 6.07) is 15.8. The van der Waals surface area contributed by atoms with E-state index in [0.717, 1.165) is 5.56 Å². The van der Waals surface area contributed by atoms with Gasteiger partial charge in [-0.05, 0) is 17.7 Å². The summed E-state index contributed by atoms with van der Waals surface area (Å²) in [5, 5.41) is 0.00561. The lowest BCUT2D eigenvalue weighted by atomic mass is 10.2. The summed E-state index contributed by atoms with van der Waals surface area (Å²) in [5.41, 5.74) is 13.6. The number of benzene rings is 2. The zero-order valence-corrected chi connectivity index (χ0v) is 16.1. The molecule has 1 heterocycles. The van der Waals surface area contributed by atoms with Gasteiger partial charge in [-0.15, -0.1) is 0 Å². The Morgan fingerprint density at radius 2 is 1.75 bits per heavy atom. The largest absolute Gasteiger partial charge is 0.487 e. The van der Waals surface area contributed by atoms with Crippen LogP contribution in [0.4, 0.5) is 11.4 Å². The fourth-order valence-corrected chi connectivity index (χ4v) is 3.22. The van der Waals surface area contributed by atoms with E-state index < -0.39 is 9.84 Å². The maximum Gasteiger partial charge on any atom is 0.195 e. The molecule has 0 atom stereocenters. The lowest BCUT2D eigenvalue weighted by molar-refractivity contribution is 0.306. The summed E-state index contributed by atoms with van der Waals surface area (Å²) in [4.78, 5) is 3.96. The molecule has 28 heavy (non-hydrogen) atoms. The van der Waals surface area contributed by atoms with E-state index in [0.29, 0.717) is 35.2 Å².